The molecule has 0 unspecified atom stereocenters. The molecule has 4 rings (SSSR count). The van der Waals surface area contributed by atoms with Gasteiger partial charge in [0.25, 0.3) is 0 Å². The van der Waals surface area contributed by atoms with Crippen molar-refractivity contribution in [1.29, 1.82) is 0 Å². The number of hydrogen-bond acceptors (Lipinski definition) is 5. The summed E-state index contributed by atoms with van der Waals surface area (Å²) in [7, 11) is 0. The molecule has 3 heterocycles. The van der Waals surface area contributed by atoms with Crippen LogP contribution < -0.4 is 5.69 Å². The molecule has 0 aliphatic carbocycles. The zero-order valence-corrected chi connectivity index (χ0v) is 13.0. The minimum absolute atomic E-state index is 0.214. The smallest absolute Gasteiger partial charge is 0.409 e. The fourth-order valence-corrected chi connectivity index (χ4v) is 3.41. The van der Waals surface area contributed by atoms with Crippen molar-refractivity contribution < 1.29 is 9.53 Å². The second kappa shape index (κ2) is 5.54. The van der Waals surface area contributed by atoms with Crippen molar-refractivity contribution >= 4 is 28.5 Å². The predicted molar refractivity (Wildman–Crippen MR) is 86.7 cm³/mol. The SMILES string of the molecule is O=C1OCCN1CCc1nc(-c2ccc3[nH]c(=O)[nH]c3c2)cs1. The highest BCUT2D eigenvalue weighted by Gasteiger charge is 2.21. The molecular weight excluding hydrogens is 316 g/mol. The van der Waals surface area contributed by atoms with Gasteiger partial charge in [-0.25, -0.2) is 14.6 Å². The zero-order chi connectivity index (χ0) is 15.8. The van der Waals surface area contributed by atoms with E-state index in [-0.39, 0.29) is 11.8 Å². The maximum absolute atomic E-state index is 11.4. The molecule has 118 valence electrons. The highest BCUT2D eigenvalue weighted by Crippen LogP contribution is 2.24. The minimum atomic E-state index is -0.247. The largest absolute Gasteiger partial charge is 0.448 e. The Balaban J connectivity index is 1.51. The van der Waals surface area contributed by atoms with Crippen molar-refractivity contribution in [3.8, 4) is 11.3 Å². The fraction of sp³-hybridized carbons (Fsp3) is 0.267. The Bertz CT molecular complexity index is 926. The summed E-state index contributed by atoms with van der Waals surface area (Å²) in [5, 5.41) is 2.96. The number of nitrogens with zero attached hydrogens (tertiary/aromatic N) is 2. The van der Waals surface area contributed by atoms with Crippen molar-refractivity contribution in [1.82, 2.24) is 19.9 Å². The molecular formula is C15H14N4O3S. The van der Waals surface area contributed by atoms with Crippen molar-refractivity contribution in [2.75, 3.05) is 19.7 Å². The van der Waals surface area contributed by atoms with Gasteiger partial charge in [0.1, 0.15) is 6.61 Å². The molecule has 23 heavy (non-hydrogen) atoms. The Hall–Kier alpha value is -2.61. The number of amides is 1. The van der Waals surface area contributed by atoms with Gasteiger partial charge in [0.05, 0.1) is 28.3 Å². The molecule has 2 N–H and O–H groups in total. The van der Waals surface area contributed by atoms with E-state index in [1.165, 1.54) is 0 Å². The number of carbonyl (C=O) groups is 1. The molecule has 0 saturated carbocycles. The Morgan fingerprint density at radius 2 is 2.13 bits per heavy atom. The van der Waals surface area contributed by atoms with E-state index < -0.39 is 0 Å². The number of fused-ring (bicyclic) bond motifs is 1. The van der Waals surface area contributed by atoms with Gasteiger partial charge in [-0.15, -0.1) is 11.3 Å². The van der Waals surface area contributed by atoms with E-state index in [0.717, 1.165) is 27.3 Å². The van der Waals surface area contributed by atoms with Gasteiger partial charge in [0.15, 0.2) is 0 Å². The Morgan fingerprint density at radius 1 is 1.26 bits per heavy atom. The predicted octanol–water partition coefficient (Wildman–Crippen LogP) is 1.97. The first-order valence-electron chi connectivity index (χ1n) is 7.27. The number of carbonyl (C=O) groups excluding carboxylic acids is 1. The summed E-state index contributed by atoms with van der Waals surface area (Å²) in [6.45, 7) is 1.74. The standard InChI is InChI=1S/C15H14N4O3S/c20-14-17-10-2-1-9(7-11(10)18-14)12-8-23-13(16-12)3-4-19-5-6-22-15(19)21/h1-2,7-8H,3-6H2,(H2,17,18,20). The number of cyclic esters (lactones) is 1. The summed E-state index contributed by atoms with van der Waals surface area (Å²) >= 11 is 1.57. The van der Waals surface area contributed by atoms with Gasteiger partial charge >= 0.3 is 11.8 Å². The van der Waals surface area contributed by atoms with Crippen LogP contribution in [0.25, 0.3) is 22.3 Å². The summed E-state index contributed by atoms with van der Waals surface area (Å²) in [4.78, 5) is 34.5. The van der Waals surface area contributed by atoms with Gasteiger partial charge in [0.2, 0.25) is 0 Å². The second-order valence-corrected chi connectivity index (χ2v) is 6.26. The monoisotopic (exact) mass is 330 g/mol. The van der Waals surface area contributed by atoms with Crippen molar-refractivity contribution in [3.05, 3.63) is 39.1 Å². The first-order chi connectivity index (χ1) is 11.2. The molecule has 1 saturated heterocycles. The lowest BCUT2D eigenvalue weighted by atomic mass is 10.1. The molecule has 0 spiro atoms. The number of hydrogen-bond donors (Lipinski definition) is 2. The molecule has 0 radical (unpaired) electrons. The average Bonchev–Trinajstić information content (AvgIpc) is 3.23. The molecule has 1 amide bonds. The molecule has 8 heteroatoms. The van der Waals surface area contributed by atoms with Gasteiger partial charge in [-0.05, 0) is 12.1 Å². The fourth-order valence-electron chi connectivity index (χ4n) is 2.61. The number of nitrogens with one attached hydrogen (secondary N) is 2. The van der Waals surface area contributed by atoms with Crippen LogP contribution in [0.4, 0.5) is 4.79 Å². The number of aromatic amines is 2. The van der Waals surface area contributed by atoms with Crippen LogP contribution in [0.3, 0.4) is 0 Å². The van der Waals surface area contributed by atoms with Crippen LogP contribution in [0.1, 0.15) is 5.01 Å². The lowest BCUT2D eigenvalue weighted by Crippen LogP contribution is -2.26. The van der Waals surface area contributed by atoms with E-state index in [2.05, 4.69) is 15.0 Å². The molecule has 1 fully saturated rings. The maximum Gasteiger partial charge on any atom is 0.409 e. The van der Waals surface area contributed by atoms with Gasteiger partial charge in [-0.1, -0.05) is 6.07 Å². The Kier molecular flexibility index (Phi) is 3.38. The summed E-state index contributed by atoms with van der Waals surface area (Å²) in [5.41, 5.74) is 3.16. The van der Waals surface area contributed by atoms with Crippen LogP contribution in [0.15, 0.2) is 28.4 Å². The van der Waals surface area contributed by atoms with Gasteiger partial charge in [-0.2, -0.15) is 0 Å². The minimum Gasteiger partial charge on any atom is -0.448 e. The second-order valence-electron chi connectivity index (χ2n) is 5.32. The van der Waals surface area contributed by atoms with Crippen molar-refractivity contribution in [2.24, 2.45) is 0 Å². The van der Waals surface area contributed by atoms with E-state index in [1.54, 1.807) is 16.2 Å². The molecule has 0 bridgehead atoms. The van der Waals surface area contributed by atoms with Crippen molar-refractivity contribution in [2.45, 2.75) is 6.42 Å². The summed E-state index contributed by atoms with van der Waals surface area (Å²) < 4.78 is 4.91. The molecule has 1 aliphatic heterocycles. The first-order valence-corrected chi connectivity index (χ1v) is 8.15. The van der Waals surface area contributed by atoms with Crippen LogP contribution in [0.5, 0.6) is 0 Å². The van der Waals surface area contributed by atoms with E-state index in [1.807, 2.05) is 23.6 Å². The number of H-pyrrole nitrogens is 2. The molecule has 1 aromatic carbocycles. The maximum atomic E-state index is 11.4. The number of ether oxygens (including phenoxy) is 1. The van der Waals surface area contributed by atoms with Crippen LogP contribution in [-0.4, -0.2) is 45.6 Å². The summed E-state index contributed by atoms with van der Waals surface area (Å²) in [5.74, 6) is 0. The third kappa shape index (κ3) is 2.72. The average molecular weight is 330 g/mol. The number of rotatable bonds is 4. The molecule has 0 atom stereocenters. The van der Waals surface area contributed by atoms with E-state index in [4.69, 9.17) is 4.74 Å². The molecule has 7 nitrogen and oxygen atoms in total. The number of aromatic nitrogens is 3. The van der Waals surface area contributed by atoms with Crippen LogP contribution in [0.2, 0.25) is 0 Å². The number of imidazole rings is 1. The quantitative estimate of drug-likeness (QED) is 0.765. The topological polar surface area (TPSA) is 91.1 Å². The normalized spacial score (nSPS) is 14.6. The van der Waals surface area contributed by atoms with Gasteiger partial charge in [0, 0.05) is 23.9 Å². The van der Waals surface area contributed by atoms with E-state index in [9.17, 15) is 9.59 Å². The van der Waals surface area contributed by atoms with Crippen LogP contribution in [0, 0.1) is 0 Å². The van der Waals surface area contributed by atoms with E-state index >= 15 is 0 Å². The van der Waals surface area contributed by atoms with Crippen LogP contribution in [-0.2, 0) is 11.2 Å². The number of thiazole rings is 1. The number of benzene rings is 1. The summed E-state index contributed by atoms with van der Waals surface area (Å²) in [6, 6.07) is 5.70. The summed E-state index contributed by atoms with van der Waals surface area (Å²) in [6.07, 6.45) is 0.465. The molecule has 3 aromatic rings. The van der Waals surface area contributed by atoms with Crippen LogP contribution >= 0.6 is 11.3 Å². The lowest BCUT2D eigenvalue weighted by Gasteiger charge is -2.10. The zero-order valence-electron chi connectivity index (χ0n) is 12.2. The Labute approximate surface area is 134 Å². The highest BCUT2D eigenvalue weighted by atomic mass is 32.1. The molecule has 2 aromatic heterocycles. The van der Waals surface area contributed by atoms with Crippen molar-refractivity contribution in [3.63, 3.8) is 0 Å². The molecule has 1 aliphatic rings. The first kappa shape index (κ1) is 14.0. The van der Waals surface area contributed by atoms with Gasteiger partial charge < -0.3 is 19.6 Å². The Morgan fingerprint density at radius 3 is 2.96 bits per heavy atom. The highest BCUT2D eigenvalue weighted by molar-refractivity contribution is 7.09. The lowest BCUT2D eigenvalue weighted by molar-refractivity contribution is 0.159. The van der Waals surface area contributed by atoms with E-state index in [0.29, 0.717) is 26.1 Å². The van der Waals surface area contributed by atoms with Gasteiger partial charge in [-0.3, -0.25) is 0 Å². The third-order valence-electron chi connectivity index (χ3n) is 3.80. The third-order valence-corrected chi connectivity index (χ3v) is 4.71.